The third-order valence-electron chi connectivity index (χ3n) is 2.82. The molecule has 2 heterocycles. The monoisotopic (exact) mass is 277 g/mol. The van der Waals surface area contributed by atoms with Crippen LogP contribution in [0, 0.1) is 5.82 Å². The summed E-state index contributed by atoms with van der Waals surface area (Å²) >= 11 is 6.09. The van der Waals surface area contributed by atoms with E-state index in [1.165, 1.54) is 19.4 Å². The molecular formula is C13H9ClFN3O. The molecule has 3 aromatic rings. The van der Waals surface area contributed by atoms with E-state index in [2.05, 4.69) is 9.97 Å². The van der Waals surface area contributed by atoms with Gasteiger partial charge in [-0.15, -0.1) is 0 Å². The predicted octanol–water partition coefficient (Wildman–Crippen LogP) is 3.20. The molecule has 3 rings (SSSR count). The molecule has 19 heavy (non-hydrogen) atoms. The summed E-state index contributed by atoms with van der Waals surface area (Å²) in [6, 6.07) is 4.71. The number of fused-ring (bicyclic) bond motifs is 1. The van der Waals surface area contributed by atoms with Gasteiger partial charge in [0.15, 0.2) is 17.2 Å². The molecular weight excluding hydrogens is 269 g/mol. The van der Waals surface area contributed by atoms with E-state index in [0.29, 0.717) is 22.1 Å². The quantitative estimate of drug-likeness (QED) is 0.722. The zero-order chi connectivity index (χ0) is 13.4. The molecule has 0 radical (unpaired) electrons. The van der Waals surface area contributed by atoms with Gasteiger partial charge in [-0.25, -0.2) is 9.37 Å². The number of rotatable bonds is 2. The van der Waals surface area contributed by atoms with Crippen molar-refractivity contribution in [1.82, 2.24) is 14.4 Å². The largest absolute Gasteiger partial charge is 0.494 e. The Hall–Kier alpha value is -2.14. The fraction of sp³-hybridized carbons (Fsp3) is 0.0769. The first-order chi connectivity index (χ1) is 9.20. The molecule has 0 amide bonds. The van der Waals surface area contributed by atoms with Crippen molar-refractivity contribution in [3.8, 4) is 17.0 Å². The second-order valence-corrected chi connectivity index (χ2v) is 4.30. The van der Waals surface area contributed by atoms with Crippen LogP contribution in [0.15, 0.2) is 36.8 Å². The maximum atomic E-state index is 13.7. The van der Waals surface area contributed by atoms with Crippen molar-refractivity contribution < 1.29 is 9.13 Å². The van der Waals surface area contributed by atoms with Crippen LogP contribution < -0.4 is 4.74 Å². The first-order valence-corrected chi connectivity index (χ1v) is 5.89. The summed E-state index contributed by atoms with van der Waals surface area (Å²) in [5.74, 6) is -0.231. The van der Waals surface area contributed by atoms with Crippen LogP contribution >= 0.6 is 11.6 Å². The normalized spacial score (nSPS) is 10.9. The van der Waals surface area contributed by atoms with Crippen LogP contribution in [0.4, 0.5) is 4.39 Å². The van der Waals surface area contributed by atoms with Crippen molar-refractivity contribution in [3.63, 3.8) is 0 Å². The number of aromatic nitrogens is 3. The van der Waals surface area contributed by atoms with Gasteiger partial charge in [-0.3, -0.25) is 9.38 Å². The number of ether oxygens (including phenoxy) is 1. The molecule has 4 nitrogen and oxygen atoms in total. The smallest absolute Gasteiger partial charge is 0.165 e. The lowest BCUT2D eigenvalue weighted by Crippen LogP contribution is -1.93. The summed E-state index contributed by atoms with van der Waals surface area (Å²) in [6.45, 7) is 0. The van der Waals surface area contributed by atoms with Crippen LogP contribution in [0.3, 0.4) is 0 Å². The van der Waals surface area contributed by atoms with Crippen molar-refractivity contribution in [2.75, 3.05) is 7.11 Å². The van der Waals surface area contributed by atoms with Crippen LogP contribution in [0.5, 0.6) is 5.75 Å². The lowest BCUT2D eigenvalue weighted by atomic mass is 10.1. The Bertz CT molecular complexity index is 757. The van der Waals surface area contributed by atoms with Gasteiger partial charge in [0.25, 0.3) is 0 Å². The molecule has 2 aromatic heterocycles. The maximum absolute atomic E-state index is 13.7. The summed E-state index contributed by atoms with van der Waals surface area (Å²) in [7, 11) is 1.43. The topological polar surface area (TPSA) is 39.4 Å². The zero-order valence-corrected chi connectivity index (χ0v) is 10.7. The van der Waals surface area contributed by atoms with E-state index >= 15 is 0 Å². The highest BCUT2D eigenvalue weighted by molar-refractivity contribution is 6.29. The summed E-state index contributed by atoms with van der Waals surface area (Å²) in [4.78, 5) is 8.15. The summed E-state index contributed by atoms with van der Waals surface area (Å²) in [5.41, 5.74) is 1.97. The highest BCUT2D eigenvalue weighted by Gasteiger charge is 2.11. The van der Waals surface area contributed by atoms with Gasteiger partial charge in [-0.1, -0.05) is 11.6 Å². The van der Waals surface area contributed by atoms with E-state index in [0.717, 1.165) is 0 Å². The van der Waals surface area contributed by atoms with E-state index in [-0.39, 0.29) is 5.75 Å². The van der Waals surface area contributed by atoms with Crippen LogP contribution in [0.2, 0.25) is 5.15 Å². The van der Waals surface area contributed by atoms with E-state index < -0.39 is 5.82 Å². The number of hydrogen-bond donors (Lipinski definition) is 0. The molecule has 0 bridgehead atoms. The number of nitrogens with zero attached hydrogens (tertiary/aromatic N) is 3. The Morgan fingerprint density at radius 2 is 2.11 bits per heavy atom. The second-order valence-electron chi connectivity index (χ2n) is 3.92. The van der Waals surface area contributed by atoms with Gasteiger partial charge in [0, 0.05) is 5.56 Å². The molecule has 0 aliphatic heterocycles. The van der Waals surface area contributed by atoms with Crippen LogP contribution in [0.25, 0.3) is 16.9 Å². The van der Waals surface area contributed by atoms with Gasteiger partial charge < -0.3 is 4.74 Å². The van der Waals surface area contributed by atoms with Crippen molar-refractivity contribution in [3.05, 3.63) is 47.8 Å². The van der Waals surface area contributed by atoms with E-state index in [9.17, 15) is 4.39 Å². The third-order valence-corrected chi connectivity index (χ3v) is 3.09. The first kappa shape index (κ1) is 11.9. The van der Waals surface area contributed by atoms with Gasteiger partial charge in [0.1, 0.15) is 5.15 Å². The molecule has 0 saturated carbocycles. The minimum absolute atomic E-state index is 0.199. The molecule has 1 aromatic carbocycles. The highest BCUT2D eigenvalue weighted by Crippen LogP contribution is 2.27. The van der Waals surface area contributed by atoms with Crippen LogP contribution in [-0.4, -0.2) is 21.5 Å². The lowest BCUT2D eigenvalue weighted by molar-refractivity contribution is 0.386. The number of benzene rings is 1. The molecule has 0 fully saturated rings. The number of imidazole rings is 1. The zero-order valence-electron chi connectivity index (χ0n) is 9.97. The number of methoxy groups -OCH3 is 1. The van der Waals surface area contributed by atoms with Gasteiger partial charge in [-0.2, -0.15) is 0 Å². The van der Waals surface area contributed by atoms with Crippen LogP contribution in [0.1, 0.15) is 0 Å². The highest BCUT2D eigenvalue weighted by atomic mass is 35.5. The van der Waals surface area contributed by atoms with Gasteiger partial charge >= 0.3 is 0 Å². The Kier molecular flexibility index (Phi) is 2.83. The molecule has 0 aliphatic rings. The fourth-order valence-corrected chi connectivity index (χ4v) is 2.17. The van der Waals surface area contributed by atoms with Gasteiger partial charge in [-0.05, 0) is 18.2 Å². The fourth-order valence-electron chi connectivity index (χ4n) is 1.93. The summed E-state index contributed by atoms with van der Waals surface area (Å²) in [5, 5.41) is 0.418. The average molecular weight is 278 g/mol. The Morgan fingerprint density at radius 1 is 1.26 bits per heavy atom. The van der Waals surface area contributed by atoms with Crippen molar-refractivity contribution in [2.24, 2.45) is 0 Å². The second kappa shape index (κ2) is 4.51. The Labute approximate surface area is 113 Å². The van der Waals surface area contributed by atoms with E-state index in [4.69, 9.17) is 16.3 Å². The predicted molar refractivity (Wildman–Crippen MR) is 69.9 cm³/mol. The Morgan fingerprint density at radius 3 is 2.84 bits per heavy atom. The van der Waals surface area contributed by atoms with Gasteiger partial charge in [0.05, 0.1) is 31.4 Å². The van der Waals surface area contributed by atoms with E-state index in [1.54, 1.807) is 28.9 Å². The van der Waals surface area contributed by atoms with E-state index in [1.807, 2.05) is 0 Å². The molecule has 0 N–H and O–H groups in total. The molecule has 0 spiro atoms. The standard InChI is InChI=1S/C13H9ClFN3O/c1-19-11-3-2-8(4-9(11)15)10-5-17-13-7-16-6-12(14)18(10)13/h2-7H,1H3. The van der Waals surface area contributed by atoms with Crippen molar-refractivity contribution in [1.29, 1.82) is 0 Å². The maximum Gasteiger partial charge on any atom is 0.165 e. The SMILES string of the molecule is COc1ccc(-c2cnc3cncc(Cl)n23)cc1F. The first-order valence-electron chi connectivity index (χ1n) is 5.51. The number of halogens is 2. The average Bonchev–Trinajstić information content (AvgIpc) is 2.84. The minimum atomic E-state index is -0.430. The summed E-state index contributed by atoms with van der Waals surface area (Å²) in [6.07, 6.45) is 4.74. The molecule has 96 valence electrons. The van der Waals surface area contributed by atoms with Crippen molar-refractivity contribution in [2.45, 2.75) is 0 Å². The van der Waals surface area contributed by atoms with Gasteiger partial charge in [0.2, 0.25) is 0 Å². The number of hydrogen-bond acceptors (Lipinski definition) is 3. The van der Waals surface area contributed by atoms with Crippen molar-refractivity contribution >= 4 is 17.2 Å². The molecule has 6 heteroatoms. The lowest BCUT2D eigenvalue weighted by Gasteiger charge is -2.06. The minimum Gasteiger partial charge on any atom is -0.494 e. The van der Waals surface area contributed by atoms with Crippen LogP contribution in [-0.2, 0) is 0 Å². The molecule has 0 aliphatic carbocycles. The molecule has 0 saturated heterocycles. The third kappa shape index (κ3) is 1.92. The summed E-state index contributed by atoms with van der Waals surface area (Å²) < 4.78 is 20.3. The Balaban J connectivity index is 2.22. The molecule has 0 unspecified atom stereocenters. The molecule has 0 atom stereocenters.